The van der Waals surface area contributed by atoms with E-state index in [4.69, 9.17) is 4.74 Å². The van der Waals surface area contributed by atoms with E-state index in [1.165, 1.54) is 11.3 Å². The standard InChI is InChI=1S/C14H13BrFN3O2S/c15-9-4-12(22-8-9)13(20)19-3-1-2-11(7-19)21-14-17-5-10(16)6-18-14/h4-6,8,11H,1-3,7H2/t11-/m0/s1. The molecular weight excluding hydrogens is 373 g/mol. The quantitative estimate of drug-likeness (QED) is 0.814. The lowest BCUT2D eigenvalue weighted by Gasteiger charge is -2.32. The van der Waals surface area contributed by atoms with Crippen LogP contribution in [0.25, 0.3) is 0 Å². The monoisotopic (exact) mass is 385 g/mol. The molecule has 0 N–H and O–H groups in total. The molecule has 5 nitrogen and oxygen atoms in total. The molecule has 0 spiro atoms. The number of likely N-dealkylation sites (tertiary alicyclic amines) is 1. The fraction of sp³-hybridized carbons (Fsp3) is 0.357. The topological polar surface area (TPSA) is 55.3 Å². The molecule has 2 aromatic rings. The van der Waals surface area contributed by atoms with E-state index in [9.17, 15) is 9.18 Å². The molecule has 116 valence electrons. The maximum Gasteiger partial charge on any atom is 0.316 e. The Morgan fingerprint density at radius 2 is 2.23 bits per heavy atom. The molecule has 3 rings (SSSR count). The predicted octanol–water partition coefficient (Wildman–Crippen LogP) is 3.12. The Kier molecular flexibility index (Phi) is 4.68. The number of aromatic nitrogens is 2. The summed E-state index contributed by atoms with van der Waals surface area (Å²) < 4.78 is 19.3. The number of ether oxygens (including phenoxy) is 1. The molecule has 0 radical (unpaired) electrons. The van der Waals surface area contributed by atoms with Crippen molar-refractivity contribution in [3.63, 3.8) is 0 Å². The summed E-state index contributed by atoms with van der Waals surface area (Å²) in [5.41, 5.74) is 0. The van der Waals surface area contributed by atoms with Crippen LogP contribution in [0.5, 0.6) is 6.01 Å². The molecule has 0 aromatic carbocycles. The number of rotatable bonds is 3. The second-order valence-corrected chi connectivity index (χ2v) is 6.77. The van der Waals surface area contributed by atoms with E-state index >= 15 is 0 Å². The third-order valence-electron chi connectivity index (χ3n) is 3.31. The zero-order valence-electron chi connectivity index (χ0n) is 11.5. The predicted molar refractivity (Wildman–Crippen MR) is 83.6 cm³/mol. The third-order valence-corrected chi connectivity index (χ3v) is 4.99. The van der Waals surface area contributed by atoms with Crippen molar-refractivity contribution in [1.29, 1.82) is 0 Å². The summed E-state index contributed by atoms with van der Waals surface area (Å²) in [5, 5.41) is 1.89. The summed E-state index contributed by atoms with van der Waals surface area (Å²) >= 11 is 4.77. The molecule has 1 saturated heterocycles. The van der Waals surface area contributed by atoms with Crippen LogP contribution in [-0.4, -0.2) is 40.0 Å². The number of hydrogen-bond donors (Lipinski definition) is 0. The number of thiophene rings is 1. The van der Waals surface area contributed by atoms with Gasteiger partial charge in [0.1, 0.15) is 6.10 Å². The SMILES string of the molecule is O=C(c1cc(Br)cs1)N1CCC[C@H](Oc2ncc(F)cn2)C1. The van der Waals surface area contributed by atoms with Gasteiger partial charge in [0.15, 0.2) is 5.82 Å². The average molecular weight is 386 g/mol. The third kappa shape index (κ3) is 3.61. The molecule has 0 aliphatic carbocycles. The van der Waals surface area contributed by atoms with Crippen molar-refractivity contribution >= 4 is 33.2 Å². The minimum atomic E-state index is -0.504. The first-order chi connectivity index (χ1) is 10.6. The van der Waals surface area contributed by atoms with E-state index in [1.54, 1.807) is 4.90 Å². The number of amides is 1. The lowest BCUT2D eigenvalue weighted by Crippen LogP contribution is -2.44. The van der Waals surface area contributed by atoms with Gasteiger partial charge in [0.25, 0.3) is 5.91 Å². The maximum atomic E-state index is 12.8. The molecular formula is C14H13BrFN3O2S. The molecule has 3 heterocycles. The van der Waals surface area contributed by atoms with E-state index in [0.717, 1.165) is 29.7 Å². The fourth-order valence-electron chi connectivity index (χ4n) is 2.31. The van der Waals surface area contributed by atoms with Crippen LogP contribution in [0.2, 0.25) is 0 Å². The van der Waals surface area contributed by atoms with Gasteiger partial charge in [-0.3, -0.25) is 4.79 Å². The maximum absolute atomic E-state index is 12.8. The zero-order valence-corrected chi connectivity index (χ0v) is 13.9. The van der Waals surface area contributed by atoms with Gasteiger partial charge in [-0.1, -0.05) is 0 Å². The minimum Gasteiger partial charge on any atom is -0.458 e. The molecule has 1 amide bonds. The van der Waals surface area contributed by atoms with Gasteiger partial charge in [-0.15, -0.1) is 11.3 Å². The van der Waals surface area contributed by atoms with Crippen LogP contribution in [0.1, 0.15) is 22.5 Å². The van der Waals surface area contributed by atoms with Crippen LogP contribution in [0, 0.1) is 5.82 Å². The van der Waals surface area contributed by atoms with Crippen LogP contribution in [0.15, 0.2) is 28.3 Å². The molecule has 22 heavy (non-hydrogen) atoms. The Labute approximate surface area is 139 Å². The Hall–Kier alpha value is -1.54. The Bertz CT molecular complexity index is 664. The van der Waals surface area contributed by atoms with Gasteiger partial charge in [-0.25, -0.2) is 14.4 Å². The number of halogens is 2. The van der Waals surface area contributed by atoms with Crippen molar-refractivity contribution in [2.75, 3.05) is 13.1 Å². The second kappa shape index (κ2) is 6.70. The zero-order chi connectivity index (χ0) is 15.5. The number of piperidine rings is 1. The smallest absolute Gasteiger partial charge is 0.316 e. The first kappa shape index (κ1) is 15.4. The van der Waals surface area contributed by atoms with E-state index in [1.807, 2.05) is 11.4 Å². The van der Waals surface area contributed by atoms with Gasteiger partial charge >= 0.3 is 6.01 Å². The molecule has 1 aliphatic rings. The lowest BCUT2D eigenvalue weighted by molar-refractivity contribution is 0.0519. The van der Waals surface area contributed by atoms with Crippen LogP contribution in [-0.2, 0) is 0 Å². The first-order valence-electron chi connectivity index (χ1n) is 6.79. The van der Waals surface area contributed by atoms with Crippen LogP contribution >= 0.6 is 27.3 Å². The average Bonchev–Trinajstić information content (AvgIpc) is 2.96. The van der Waals surface area contributed by atoms with Crippen molar-refractivity contribution in [3.8, 4) is 6.01 Å². The van der Waals surface area contributed by atoms with Crippen molar-refractivity contribution < 1.29 is 13.9 Å². The van der Waals surface area contributed by atoms with Gasteiger partial charge in [0.2, 0.25) is 0 Å². The highest BCUT2D eigenvalue weighted by molar-refractivity contribution is 9.10. The number of nitrogens with zero attached hydrogens (tertiary/aromatic N) is 3. The summed E-state index contributed by atoms with van der Waals surface area (Å²) in [5.74, 6) is -0.500. The molecule has 8 heteroatoms. The van der Waals surface area contributed by atoms with Crippen molar-refractivity contribution in [3.05, 3.63) is 39.0 Å². The number of hydrogen-bond acceptors (Lipinski definition) is 5. The summed E-state index contributed by atoms with van der Waals surface area (Å²) in [7, 11) is 0. The summed E-state index contributed by atoms with van der Waals surface area (Å²) in [6.45, 7) is 1.19. The Morgan fingerprint density at radius 3 is 2.91 bits per heavy atom. The molecule has 0 bridgehead atoms. The lowest BCUT2D eigenvalue weighted by atomic mass is 10.1. The molecule has 1 atom stereocenters. The first-order valence-corrected chi connectivity index (χ1v) is 8.46. The molecule has 1 aliphatic heterocycles. The van der Waals surface area contributed by atoms with Gasteiger partial charge in [-0.05, 0) is 34.8 Å². The van der Waals surface area contributed by atoms with Gasteiger partial charge in [0, 0.05) is 16.4 Å². The van der Waals surface area contributed by atoms with Gasteiger partial charge < -0.3 is 9.64 Å². The normalized spacial score (nSPS) is 18.3. The highest BCUT2D eigenvalue weighted by atomic mass is 79.9. The second-order valence-electron chi connectivity index (χ2n) is 4.95. The van der Waals surface area contributed by atoms with E-state index in [-0.39, 0.29) is 18.0 Å². The van der Waals surface area contributed by atoms with E-state index in [0.29, 0.717) is 18.0 Å². The minimum absolute atomic E-state index is 0.00373. The van der Waals surface area contributed by atoms with Gasteiger partial charge in [-0.2, -0.15) is 0 Å². The van der Waals surface area contributed by atoms with Crippen LogP contribution in [0.4, 0.5) is 4.39 Å². The molecule has 2 aromatic heterocycles. The number of carbonyl (C=O) groups excluding carboxylic acids is 1. The van der Waals surface area contributed by atoms with E-state index < -0.39 is 5.82 Å². The molecule has 0 unspecified atom stereocenters. The van der Waals surface area contributed by atoms with Crippen LogP contribution in [0.3, 0.4) is 0 Å². The fourth-order valence-corrected chi connectivity index (χ4v) is 3.70. The van der Waals surface area contributed by atoms with Crippen LogP contribution < -0.4 is 4.74 Å². The summed E-state index contributed by atoms with van der Waals surface area (Å²) in [6, 6.07) is 1.96. The van der Waals surface area contributed by atoms with E-state index in [2.05, 4.69) is 25.9 Å². The summed E-state index contributed by atoms with van der Waals surface area (Å²) in [6.07, 6.45) is 3.63. The van der Waals surface area contributed by atoms with Crippen molar-refractivity contribution in [2.45, 2.75) is 18.9 Å². The Morgan fingerprint density at radius 1 is 1.45 bits per heavy atom. The van der Waals surface area contributed by atoms with Gasteiger partial charge in [0.05, 0.1) is 23.8 Å². The largest absolute Gasteiger partial charge is 0.458 e. The molecule has 0 saturated carbocycles. The van der Waals surface area contributed by atoms with Crippen molar-refractivity contribution in [1.82, 2.24) is 14.9 Å². The van der Waals surface area contributed by atoms with Crippen molar-refractivity contribution in [2.24, 2.45) is 0 Å². The number of carbonyl (C=O) groups is 1. The highest BCUT2D eigenvalue weighted by Gasteiger charge is 2.27. The summed E-state index contributed by atoms with van der Waals surface area (Å²) in [4.78, 5) is 22.5. The Balaban J connectivity index is 1.63. The molecule has 1 fully saturated rings. The highest BCUT2D eigenvalue weighted by Crippen LogP contribution is 2.23.